The number of anilines is 5. The Morgan fingerprint density at radius 2 is 0.743 bits per heavy atom. The van der Waals surface area contributed by atoms with Gasteiger partial charge >= 0.3 is 0 Å². The second-order valence-corrected chi connectivity index (χ2v) is 35.0. The number of para-hydroxylation sites is 4. The quantitative estimate of drug-likeness (QED) is 0.186. The molecule has 5 aliphatic rings. The fourth-order valence-electron chi connectivity index (χ4n) is 19.0. The number of halogens is 1. The van der Waals surface area contributed by atoms with Gasteiger partial charge in [0.05, 0.1) is 11.4 Å². The Morgan fingerprint density at radius 3 is 1.33 bits per heavy atom. The summed E-state index contributed by atoms with van der Waals surface area (Å²) < 4.78 is 8.20. The SMILES string of the molecule is CC(C)(C)c1cccc2c1Cc1c(Nc3ccccc3)cccc1-2.CC(C)(C)c1cccc2c1oc1c(N(c3ccccc3)c3cc4c(c5ccccc35)-c3cc5c(cc3C4(C)C)-c3ccccc3C5(C)C)cccc12.CC1(C)c2ccccc2-c2cc3c(cc21)-c1c(cc(Br)c2ccccc12)C3(C)C. The van der Waals surface area contributed by atoms with Gasteiger partial charge in [0.25, 0.3) is 0 Å². The van der Waals surface area contributed by atoms with Crippen LogP contribution in [0.25, 0.3) is 99.1 Å². The lowest BCUT2D eigenvalue weighted by Gasteiger charge is -2.29. The van der Waals surface area contributed by atoms with Gasteiger partial charge in [0, 0.05) is 71.3 Å². The Labute approximate surface area is 627 Å². The largest absolute Gasteiger partial charge is 0.454 e. The van der Waals surface area contributed by atoms with E-state index in [0.717, 1.165) is 51.1 Å². The molecule has 1 N–H and O–H groups in total. The number of fused-ring (bicyclic) bond motifs is 22. The van der Waals surface area contributed by atoms with Gasteiger partial charge < -0.3 is 14.6 Å². The van der Waals surface area contributed by atoms with E-state index in [1.54, 1.807) is 0 Å². The molecule has 0 fully saturated rings. The number of benzene rings is 14. The molecule has 1 heterocycles. The number of rotatable bonds is 5. The minimum absolute atomic E-state index is 0.0199. The van der Waals surface area contributed by atoms with Gasteiger partial charge in [-0.1, -0.05) is 307 Å². The van der Waals surface area contributed by atoms with Crippen LogP contribution in [0.3, 0.4) is 0 Å². The van der Waals surface area contributed by atoms with Crippen molar-refractivity contribution in [2.75, 3.05) is 10.2 Å². The summed E-state index contributed by atoms with van der Waals surface area (Å²) in [6.07, 6.45) is 1.01. The van der Waals surface area contributed by atoms with Crippen LogP contribution in [0.5, 0.6) is 0 Å². The monoisotopic (exact) mass is 1420 g/mol. The van der Waals surface area contributed by atoms with Gasteiger partial charge in [-0.3, -0.25) is 0 Å². The van der Waals surface area contributed by atoms with Crippen LogP contribution in [0.15, 0.2) is 276 Å². The zero-order chi connectivity index (χ0) is 72.6. The van der Waals surface area contributed by atoms with Gasteiger partial charge in [-0.25, -0.2) is 0 Å². The predicted molar refractivity (Wildman–Crippen MR) is 450 cm³/mol. The molecule has 20 rings (SSSR count). The van der Waals surface area contributed by atoms with E-state index in [2.05, 4.69) is 384 Å². The molecule has 0 amide bonds. The summed E-state index contributed by atoms with van der Waals surface area (Å²) >= 11 is 3.84. The molecule has 3 nitrogen and oxygen atoms in total. The van der Waals surface area contributed by atoms with Gasteiger partial charge in [-0.05, 0) is 217 Å². The van der Waals surface area contributed by atoms with Crippen LogP contribution >= 0.6 is 15.9 Å². The highest BCUT2D eigenvalue weighted by atomic mass is 79.9. The van der Waals surface area contributed by atoms with E-state index >= 15 is 0 Å². The zero-order valence-electron chi connectivity index (χ0n) is 62.8. The zero-order valence-corrected chi connectivity index (χ0v) is 64.4. The van der Waals surface area contributed by atoms with E-state index in [4.69, 9.17) is 4.42 Å². The first-order chi connectivity index (χ1) is 50.3. The molecule has 5 aliphatic carbocycles. The van der Waals surface area contributed by atoms with Crippen molar-refractivity contribution in [3.05, 3.63) is 338 Å². The summed E-state index contributed by atoms with van der Waals surface area (Å²) in [6.45, 7) is 32.7. The molecule has 105 heavy (non-hydrogen) atoms. The number of nitrogens with zero attached hydrogens (tertiary/aromatic N) is 1. The normalized spacial score (nSPS) is 15.1. The van der Waals surface area contributed by atoms with E-state index in [0.29, 0.717) is 0 Å². The summed E-state index contributed by atoms with van der Waals surface area (Å²) in [4.78, 5) is 2.43. The average Bonchev–Trinajstić information content (AvgIpc) is 1.55. The molecular formula is C101H89BrN2O. The van der Waals surface area contributed by atoms with Crippen molar-refractivity contribution < 1.29 is 4.42 Å². The van der Waals surface area contributed by atoms with Crippen LogP contribution in [0.1, 0.15) is 164 Å². The first-order valence-corrected chi connectivity index (χ1v) is 38.3. The number of furan rings is 1. The fraction of sp³-hybridized carbons (Fsp3) is 0.208. The van der Waals surface area contributed by atoms with E-state index in [1.807, 2.05) is 6.07 Å². The van der Waals surface area contributed by atoms with E-state index in [-0.39, 0.29) is 32.5 Å². The highest BCUT2D eigenvalue weighted by molar-refractivity contribution is 9.10. The van der Waals surface area contributed by atoms with Crippen molar-refractivity contribution in [1.29, 1.82) is 0 Å². The second kappa shape index (κ2) is 23.7. The Kier molecular flexibility index (Phi) is 15.0. The molecular weight excluding hydrogens is 1340 g/mol. The highest BCUT2D eigenvalue weighted by Crippen LogP contribution is 2.61. The Bertz CT molecular complexity index is 6120. The molecule has 0 saturated carbocycles. The average molecular weight is 1430 g/mol. The molecule has 0 bridgehead atoms. The smallest absolute Gasteiger partial charge is 0.159 e. The molecule has 4 heteroatoms. The standard InChI is InChI=1S/C50H43NO.C28H23Br.C23H23N/c1-48(2,3)39-25-15-22-34-35-23-16-26-43(47(35)52-46(34)39)51(30-17-9-8-10-18-30)44-29-42-45(33-21-12-11-20-32(33)44)37-28-40-36(27-41(37)50(42,6)7)31-19-13-14-24-38(31)49(40,4)5;1-27(2)21-12-8-7-9-16(21)19-13-23-20(14-22(19)27)26-18-11-6-5-10-17(18)25(29)15-24(26)28(23,3)4;1-23(2,3)21-13-7-11-17-18-12-8-14-22(20(18)15-19(17)21)24-16-9-5-4-6-10-16/h8-29H,1-7H3;5-15H,1-4H3;4-14,24H,15H2,1-3H3. The van der Waals surface area contributed by atoms with Gasteiger partial charge in [0.2, 0.25) is 0 Å². The molecule has 0 atom stereocenters. The molecule has 0 saturated heterocycles. The summed E-state index contributed by atoms with van der Waals surface area (Å²) in [5.41, 5.74) is 38.2. The molecule has 0 unspecified atom stereocenters. The summed E-state index contributed by atoms with van der Waals surface area (Å²) in [5, 5.41) is 11.0. The minimum atomic E-state index is -0.213. The van der Waals surface area contributed by atoms with Gasteiger partial charge in [0.1, 0.15) is 5.58 Å². The molecule has 14 aromatic carbocycles. The van der Waals surface area contributed by atoms with Crippen molar-refractivity contribution in [3.8, 4) is 55.6 Å². The third kappa shape index (κ3) is 10.2. The second-order valence-electron chi connectivity index (χ2n) is 34.1. The van der Waals surface area contributed by atoms with Gasteiger partial charge in [-0.2, -0.15) is 0 Å². The lowest BCUT2D eigenvalue weighted by molar-refractivity contribution is 0.573. The summed E-state index contributed by atoms with van der Waals surface area (Å²) in [5.74, 6) is 0. The van der Waals surface area contributed by atoms with Crippen LogP contribution in [0.4, 0.5) is 28.4 Å². The van der Waals surface area contributed by atoms with Crippen molar-refractivity contribution in [2.45, 2.75) is 136 Å². The van der Waals surface area contributed by atoms with Crippen LogP contribution in [-0.2, 0) is 38.9 Å². The topological polar surface area (TPSA) is 28.4 Å². The number of hydrogen-bond donors (Lipinski definition) is 1. The maximum Gasteiger partial charge on any atom is 0.159 e. The lowest BCUT2D eigenvalue weighted by Crippen LogP contribution is -2.18. The maximum absolute atomic E-state index is 7.01. The van der Waals surface area contributed by atoms with Crippen LogP contribution in [0.2, 0.25) is 0 Å². The Hall–Kier alpha value is -10.5. The summed E-state index contributed by atoms with van der Waals surface area (Å²) in [7, 11) is 0. The molecule has 0 radical (unpaired) electrons. The number of nitrogens with one attached hydrogen (secondary N) is 1. The highest BCUT2D eigenvalue weighted by Gasteiger charge is 2.45. The first kappa shape index (κ1) is 66.4. The van der Waals surface area contributed by atoms with Crippen molar-refractivity contribution in [1.82, 2.24) is 0 Å². The summed E-state index contributed by atoms with van der Waals surface area (Å²) in [6, 6.07) is 98.3. The van der Waals surface area contributed by atoms with Crippen LogP contribution < -0.4 is 10.2 Å². The molecule has 15 aromatic rings. The Balaban J connectivity index is 0.000000124. The van der Waals surface area contributed by atoms with Gasteiger partial charge in [0.15, 0.2) is 5.58 Å². The first-order valence-electron chi connectivity index (χ1n) is 37.5. The van der Waals surface area contributed by atoms with Crippen molar-refractivity contribution in [2.24, 2.45) is 0 Å². The van der Waals surface area contributed by atoms with Crippen LogP contribution in [0, 0.1) is 0 Å². The van der Waals surface area contributed by atoms with E-state index < -0.39 is 0 Å². The fourth-order valence-corrected chi connectivity index (χ4v) is 19.5. The molecule has 0 spiro atoms. The predicted octanol–water partition coefficient (Wildman–Crippen LogP) is 28.6. The lowest BCUT2D eigenvalue weighted by atomic mass is 9.79. The number of hydrogen-bond acceptors (Lipinski definition) is 3. The van der Waals surface area contributed by atoms with Crippen molar-refractivity contribution in [3.63, 3.8) is 0 Å². The Morgan fingerprint density at radius 1 is 0.324 bits per heavy atom. The van der Waals surface area contributed by atoms with Gasteiger partial charge in [-0.15, -0.1) is 0 Å². The van der Waals surface area contributed by atoms with E-state index in [1.165, 1.54) is 154 Å². The van der Waals surface area contributed by atoms with E-state index in [9.17, 15) is 0 Å². The molecule has 0 aliphatic heterocycles. The van der Waals surface area contributed by atoms with Crippen LogP contribution in [-0.4, -0.2) is 0 Å². The third-order valence-corrected chi connectivity index (χ3v) is 25.0. The third-order valence-electron chi connectivity index (χ3n) is 24.4. The van der Waals surface area contributed by atoms with Crippen molar-refractivity contribution >= 4 is 87.9 Å². The molecule has 1 aromatic heterocycles. The molecule has 516 valence electrons. The maximum atomic E-state index is 7.01. The minimum Gasteiger partial charge on any atom is -0.454 e.